The molecule has 9 nitrogen and oxygen atoms in total. The first-order valence-electron chi connectivity index (χ1n) is 14.5. The van der Waals surface area contributed by atoms with Crippen molar-refractivity contribution in [2.24, 2.45) is 0 Å². The van der Waals surface area contributed by atoms with Crippen LogP contribution in [-0.4, -0.2) is 51.9 Å². The van der Waals surface area contributed by atoms with Crippen LogP contribution in [0.5, 0.6) is 11.5 Å². The van der Waals surface area contributed by atoms with Gasteiger partial charge in [-0.1, -0.05) is 30.7 Å². The van der Waals surface area contributed by atoms with Crippen LogP contribution >= 0.6 is 11.6 Å². The smallest absolute Gasteiger partial charge is 0.248 e. The number of nitrogens with one attached hydrogen (secondary N) is 2. The molecule has 0 bridgehead atoms. The summed E-state index contributed by atoms with van der Waals surface area (Å²) in [4.78, 5) is 28.1. The molecule has 0 aliphatic carbocycles. The van der Waals surface area contributed by atoms with Gasteiger partial charge in [-0.2, -0.15) is 0 Å². The Kier molecular flexibility index (Phi) is 7.55. The van der Waals surface area contributed by atoms with E-state index in [0.717, 1.165) is 31.6 Å². The standard InChI is InChI=1S/C30H31ClN6O3/c1-3-37-16-6-8-22(37)10-14-27(38)36-25-12-11-24-28(29(25)39-2)30(34-19-33-24)35-20-9-13-26(23(31)17-20)40-18-21-7-4-5-15-32-21/h4-5,7,9-15,17,19,22H,3,6,8,16,18H2,1-2H3,(H,36,38)(H,33,34,35)/b14-10+/t22-/m1/s1/i2D3. The minimum atomic E-state index is -2.81. The van der Waals surface area contributed by atoms with Crippen LogP contribution in [0.15, 0.2) is 73.2 Å². The zero-order chi connectivity index (χ0) is 30.4. The number of fused-ring (bicyclic) bond motifs is 1. The number of carbonyl (C=O) groups is 1. The molecule has 0 unspecified atom stereocenters. The van der Waals surface area contributed by atoms with Crippen molar-refractivity contribution < 1.29 is 18.4 Å². The SMILES string of the molecule is [2H]C([2H])([2H])Oc1c(NC(=O)/C=C/[C@H]2CCCN2CC)ccc2ncnc(Nc3ccc(OCc4ccccn4)c(Cl)c3)c12. The van der Waals surface area contributed by atoms with Crippen molar-refractivity contribution in [3.63, 3.8) is 0 Å². The summed E-state index contributed by atoms with van der Waals surface area (Å²) in [5.74, 6) is 0.241. The number of hydrogen-bond acceptors (Lipinski definition) is 8. The van der Waals surface area contributed by atoms with Crippen molar-refractivity contribution >= 4 is 45.6 Å². The molecule has 40 heavy (non-hydrogen) atoms. The quantitative estimate of drug-likeness (QED) is 0.228. The maximum absolute atomic E-state index is 12.9. The Labute approximate surface area is 242 Å². The Bertz CT molecular complexity index is 1620. The second-order valence-electron chi connectivity index (χ2n) is 9.23. The molecule has 1 aliphatic rings. The molecule has 10 heteroatoms. The van der Waals surface area contributed by atoms with Gasteiger partial charge in [0, 0.05) is 24.0 Å². The van der Waals surface area contributed by atoms with Crippen molar-refractivity contribution in [3.8, 4) is 11.5 Å². The number of carbonyl (C=O) groups excluding carboxylic acids is 1. The van der Waals surface area contributed by atoms with E-state index in [9.17, 15) is 4.79 Å². The fraction of sp³-hybridized carbons (Fsp3) is 0.267. The van der Waals surface area contributed by atoms with Crippen LogP contribution in [-0.2, 0) is 11.4 Å². The van der Waals surface area contributed by atoms with Gasteiger partial charge in [0.25, 0.3) is 0 Å². The number of methoxy groups -OCH3 is 1. The Balaban J connectivity index is 1.41. The molecular weight excluding hydrogens is 528 g/mol. The van der Waals surface area contributed by atoms with E-state index in [4.69, 9.17) is 25.2 Å². The molecule has 1 atom stereocenters. The van der Waals surface area contributed by atoms with E-state index < -0.39 is 12.9 Å². The van der Waals surface area contributed by atoms with E-state index in [1.54, 1.807) is 36.5 Å². The zero-order valence-corrected chi connectivity index (χ0v) is 22.7. The lowest BCUT2D eigenvalue weighted by molar-refractivity contribution is -0.112. The first-order chi connectivity index (χ1) is 20.7. The minimum Gasteiger partial charge on any atom is -0.494 e. The van der Waals surface area contributed by atoms with Gasteiger partial charge in [0.15, 0.2) is 5.75 Å². The number of rotatable bonds is 10. The molecule has 1 fully saturated rings. The molecule has 2 aromatic heterocycles. The number of anilines is 3. The minimum absolute atomic E-state index is 0.0835. The third-order valence-corrected chi connectivity index (χ3v) is 7.00. The lowest BCUT2D eigenvalue weighted by atomic mass is 10.1. The van der Waals surface area contributed by atoms with Gasteiger partial charge in [-0.3, -0.25) is 14.7 Å². The predicted molar refractivity (Wildman–Crippen MR) is 157 cm³/mol. The molecule has 1 aliphatic heterocycles. The van der Waals surface area contributed by atoms with Crippen LogP contribution < -0.4 is 20.1 Å². The molecule has 206 valence electrons. The van der Waals surface area contributed by atoms with Gasteiger partial charge in [-0.15, -0.1) is 0 Å². The molecule has 2 aromatic carbocycles. The molecule has 5 rings (SSSR count). The largest absolute Gasteiger partial charge is 0.494 e. The summed E-state index contributed by atoms with van der Waals surface area (Å²) in [6, 6.07) is 14.1. The Hall–Kier alpha value is -4.21. The lowest BCUT2D eigenvalue weighted by Gasteiger charge is -2.19. The van der Waals surface area contributed by atoms with Gasteiger partial charge in [0.1, 0.15) is 24.5 Å². The maximum atomic E-state index is 12.9. The monoisotopic (exact) mass is 561 g/mol. The first kappa shape index (κ1) is 23.7. The number of likely N-dealkylation sites (N-methyl/N-ethyl adjacent to an activating group) is 1. The second kappa shape index (κ2) is 12.8. The molecule has 0 spiro atoms. The van der Waals surface area contributed by atoms with Gasteiger partial charge in [-0.05, 0) is 68.4 Å². The average Bonchev–Trinajstić information content (AvgIpc) is 3.44. The predicted octanol–water partition coefficient (Wildman–Crippen LogP) is 5.99. The van der Waals surface area contributed by atoms with Gasteiger partial charge in [-0.25, -0.2) is 9.97 Å². The third-order valence-electron chi connectivity index (χ3n) is 6.70. The summed E-state index contributed by atoms with van der Waals surface area (Å²) in [6.45, 7) is 4.24. The van der Waals surface area contributed by atoms with Crippen molar-refractivity contribution in [1.29, 1.82) is 0 Å². The van der Waals surface area contributed by atoms with Crippen molar-refractivity contribution in [3.05, 3.63) is 83.9 Å². The summed E-state index contributed by atoms with van der Waals surface area (Å²) < 4.78 is 34.6. The molecule has 3 heterocycles. The number of ether oxygens (including phenoxy) is 2. The van der Waals surface area contributed by atoms with Crippen LogP contribution in [0.2, 0.25) is 5.02 Å². The van der Waals surface area contributed by atoms with Crippen molar-refractivity contribution in [2.75, 3.05) is 30.8 Å². The molecule has 2 N–H and O–H groups in total. The molecule has 1 saturated heterocycles. The van der Waals surface area contributed by atoms with E-state index in [2.05, 4.69) is 37.4 Å². The average molecular weight is 562 g/mol. The van der Waals surface area contributed by atoms with Crippen LogP contribution in [0, 0.1) is 0 Å². The van der Waals surface area contributed by atoms with Gasteiger partial charge < -0.3 is 20.1 Å². The zero-order valence-electron chi connectivity index (χ0n) is 24.9. The number of likely N-dealkylation sites (tertiary alicyclic amines) is 1. The number of nitrogens with zero attached hydrogens (tertiary/aromatic N) is 4. The Morgan fingerprint density at radius 1 is 1.23 bits per heavy atom. The molecule has 4 aromatic rings. The van der Waals surface area contributed by atoms with Crippen LogP contribution in [0.4, 0.5) is 17.2 Å². The fourth-order valence-electron chi connectivity index (χ4n) is 4.72. The van der Waals surface area contributed by atoms with Crippen LogP contribution in [0.1, 0.15) is 29.6 Å². The van der Waals surface area contributed by atoms with Crippen LogP contribution in [0.25, 0.3) is 10.9 Å². The molecule has 0 radical (unpaired) electrons. The third kappa shape index (κ3) is 6.32. The van der Waals surface area contributed by atoms with Crippen molar-refractivity contribution in [1.82, 2.24) is 19.9 Å². The summed E-state index contributed by atoms with van der Waals surface area (Å²) in [5.41, 5.74) is 1.90. The summed E-state index contributed by atoms with van der Waals surface area (Å²) in [6.07, 6.45) is 8.44. The van der Waals surface area contributed by atoms with Gasteiger partial charge in [0.2, 0.25) is 5.91 Å². The highest BCUT2D eigenvalue weighted by Gasteiger charge is 2.21. The highest BCUT2D eigenvalue weighted by atomic mass is 35.5. The van der Waals surface area contributed by atoms with E-state index in [1.807, 2.05) is 24.3 Å². The molecule has 0 saturated carbocycles. The maximum Gasteiger partial charge on any atom is 0.248 e. The van der Waals surface area contributed by atoms with Crippen LogP contribution in [0.3, 0.4) is 0 Å². The van der Waals surface area contributed by atoms with E-state index in [0.29, 0.717) is 22.0 Å². The van der Waals surface area contributed by atoms with Crippen molar-refractivity contribution in [2.45, 2.75) is 32.4 Å². The Morgan fingerprint density at radius 2 is 2.15 bits per heavy atom. The number of pyridine rings is 1. The van der Waals surface area contributed by atoms with Gasteiger partial charge >= 0.3 is 0 Å². The number of amides is 1. The van der Waals surface area contributed by atoms with E-state index in [1.165, 1.54) is 12.4 Å². The normalized spacial score (nSPS) is 16.9. The highest BCUT2D eigenvalue weighted by molar-refractivity contribution is 6.32. The molecular formula is C30H31ClN6O3. The summed E-state index contributed by atoms with van der Waals surface area (Å²) in [7, 11) is -2.81. The second-order valence-corrected chi connectivity index (χ2v) is 9.63. The topological polar surface area (TPSA) is 102 Å². The number of hydrogen-bond donors (Lipinski definition) is 2. The molecule has 1 amide bonds. The summed E-state index contributed by atoms with van der Waals surface area (Å²) in [5, 5.41) is 6.57. The number of benzene rings is 2. The lowest BCUT2D eigenvalue weighted by Crippen LogP contribution is -2.27. The van der Waals surface area contributed by atoms with E-state index in [-0.39, 0.29) is 35.3 Å². The number of halogens is 1. The van der Waals surface area contributed by atoms with Gasteiger partial charge in [0.05, 0.1) is 38.5 Å². The Morgan fingerprint density at radius 3 is 2.95 bits per heavy atom. The number of aromatic nitrogens is 3. The fourth-order valence-corrected chi connectivity index (χ4v) is 4.96. The summed E-state index contributed by atoms with van der Waals surface area (Å²) >= 11 is 6.50. The van der Waals surface area contributed by atoms with E-state index >= 15 is 0 Å². The first-order valence-corrected chi connectivity index (χ1v) is 13.4. The highest BCUT2D eigenvalue weighted by Crippen LogP contribution is 2.38.